The highest BCUT2D eigenvalue weighted by Crippen LogP contribution is 2.29. The number of hydrogen-bond donors (Lipinski definition) is 1. The Balaban J connectivity index is 1.48. The molecule has 0 aliphatic heterocycles. The lowest BCUT2D eigenvalue weighted by atomic mass is 10.2. The molecule has 0 atom stereocenters. The predicted octanol–water partition coefficient (Wildman–Crippen LogP) is 5.29. The molecule has 0 bridgehead atoms. The molecule has 0 radical (unpaired) electrons. The smallest absolute Gasteiger partial charge is 0.275 e. The Morgan fingerprint density at radius 2 is 1.50 bits per heavy atom. The zero-order valence-corrected chi connectivity index (χ0v) is 16.4. The van der Waals surface area contributed by atoms with E-state index in [9.17, 15) is 4.79 Å². The van der Waals surface area contributed by atoms with Crippen molar-refractivity contribution in [3.8, 4) is 11.5 Å². The van der Waals surface area contributed by atoms with E-state index in [1.54, 1.807) is 18.3 Å². The van der Waals surface area contributed by atoms with Gasteiger partial charge >= 0.3 is 0 Å². The minimum absolute atomic E-state index is 0.217. The van der Waals surface area contributed by atoms with Gasteiger partial charge in [-0.05, 0) is 36.4 Å². The number of anilines is 3. The lowest BCUT2D eigenvalue weighted by Crippen LogP contribution is -2.16. The number of amides is 1. The fourth-order valence-electron chi connectivity index (χ4n) is 2.86. The van der Waals surface area contributed by atoms with Crippen LogP contribution in [-0.4, -0.2) is 22.9 Å². The third-order valence-corrected chi connectivity index (χ3v) is 4.46. The fourth-order valence-corrected chi connectivity index (χ4v) is 2.86. The van der Waals surface area contributed by atoms with E-state index < -0.39 is 0 Å². The standard InChI is InChI=1S/C24H20N4O2/c1-28(18-10-4-2-5-11-18)23-17-25-21(16-26-23)24(29)27-20-14-8-9-15-22(20)30-19-12-6-3-7-13-19/h2-17H,1H3,(H,27,29). The van der Waals surface area contributed by atoms with Crippen molar-refractivity contribution in [2.75, 3.05) is 17.3 Å². The number of aromatic nitrogens is 2. The van der Waals surface area contributed by atoms with Crippen molar-refractivity contribution in [2.24, 2.45) is 0 Å². The van der Waals surface area contributed by atoms with Crippen molar-refractivity contribution in [1.29, 1.82) is 0 Å². The normalized spacial score (nSPS) is 10.3. The number of para-hydroxylation sites is 4. The second-order valence-corrected chi connectivity index (χ2v) is 6.52. The third-order valence-electron chi connectivity index (χ3n) is 4.46. The van der Waals surface area contributed by atoms with Gasteiger partial charge in [-0.15, -0.1) is 0 Å². The molecular formula is C24H20N4O2. The summed E-state index contributed by atoms with van der Waals surface area (Å²) in [6, 6.07) is 26.5. The molecule has 0 unspecified atom stereocenters. The molecule has 1 amide bonds. The molecule has 30 heavy (non-hydrogen) atoms. The zero-order chi connectivity index (χ0) is 20.8. The van der Waals surface area contributed by atoms with Crippen LogP contribution in [0.5, 0.6) is 11.5 Å². The Hall–Kier alpha value is -4.19. The minimum atomic E-state index is -0.361. The van der Waals surface area contributed by atoms with Crippen molar-refractivity contribution in [2.45, 2.75) is 0 Å². The maximum absolute atomic E-state index is 12.7. The van der Waals surface area contributed by atoms with Gasteiger partial charge in [-0.1, -0.05) is 48.5 Å². The van der Waals surface area contributed by atoms with Crippen molar-refractivity contribution in [3.05, 3.63) is 103 Å². The lowest BCUT2D eigenvalue weighted by molar-refractivity contribution is 0.102. The quantitative estimate of drug-likeness (QED) is 0.480. The number of nitrogens with one attached hydrogen (secondary N) is 1. The molecule has 0 aliphatic carbocycles. The Kier molecular flexibility index (Phi) is 5.66. The third kappa shape index (κ3) is 4.44. The van der Waals surface area contributed by atoms with Crippen molar-refractivity contribution in [3.63, 3.8) is 0 Å². The van der Waals surface area contributed by atoms with Crippen LogP contribution in [0.1, 0.15) is 10.5 Å². The molecule has 6 heteroatoms. The van der Waals surface area contributed by atoms with Crippen LogP contribution in [0.4, 0.5) is 17.2 Å². The van der Waals surface area contributed by atoms with Gasteiger partial charge in [0.1, 0.15) is 11.4 Å². The summed E-state index contributed by atoms with van der Waals surface area (Å²) in [6.07, 6.45) is 3.04. The number of hydrogen-bond acceptors (Lipinski definition) is 5. The molecule has 4 rings (SSSR count). The van der Waals surface area contributed by atoms with E-state index in [-0.39, 0.29) is 11.6 Å². The largest absolute Gasteiger partial charge is 0.455 e. The van der Waals surface area contributed by atoms with Crippen LogP contribution in [0, 0.1) is 0 Å². The minimum Gasteiger partial charge on any atom is -0.455 e. The summed E-state index contributed by atoms with van der Waals surface area (Å²) >= 11 is 0. The molecule has 0 spiro atoms. The summed E-state index contributed by atoms with van der Waals surface area (Å²) in [5.41, 5.74) is 1.75. The van der Waals surface area contributed by atoms with Crippen molar-refractivity contribution < 1.29 is 9.53 Å². The molecule has 6 nitrogen and oxygen atoms in total. The summed E-state index contributed by atoms with van der Waals surface area (Å²) in [6.45, 7) is 0. The number of rotatable bonds is 6. The van der Waals surface area contributed by atoms with Crippen LogP contribution in [0.25, 0.3) is 0 Å². The highest BCUT2D eigenvalue weighted by atomic mass is 16.5. The monoisotopic (exact) mass is 396 g/mol. The molecule has 1 N–H and O–H groups in total. The molecule has 0 aliphatic rings. The van der Waals surface area contributed by atoms with E-state index in [0.717, 1.165) is 5.69 Å². The number of ether oxygens (including phenoxy) is 1. The summed E-state index contributed by atoms with van der Waals surface area (Å²) in [4.78, 5) is 23.2. The first-order valence-electron chi connectivity index (χ1n) is 9.45. The molecular weight excluding hydrogens is 376 g/mol. The second-order valence-electron chi connectivity index (χ2n) is 6.52. The number of carbonyl (C=O) groups excluding carboxylic acids is 1. The summed E-state index contributed by atoms with van der Waals surface area (Å²) in [5, 5.41) is 2.85. The molecule has 148 valence electrons. The van der Waals surface area contributed by atoms with Gasteiger partial charge in [0.15, 0.2) is 11.6 Å². The average molecular weight is 396 g/mol. The maximum atomic E-state index is 12.7. The molecule has 1 heterocycles. The van der Waals surface area contributed by atoms with Crippen LogP contribution in [-0.2, 0) is 0 Å². The Morgan fingerprint density at radius 3 is 2.20 bits per heavy atom. The van der Waals surface area contributed by atoms with Crippen LogP contribution in [0.2, 0.25) is 0 Å². The van der Waals surface area contributed by atoms with Crippen LogP contribution in [0.15, 0.2) is 97.3 Å². The molecule has 0 fully saturated rings. The van der Waals surface area contributed by atoms with E-state index in [4.69, 9.17) is 4.74 Å². The SMILES string of the molecule is CN(c1ccccc1)c1cnc(C(=O)Nc2ccccc2Oc2ccccc2)cn1. The molecule has 3 aromatic carbocycles. The predicted molar refractivity (Wildman–Crippen MR) is 117 cm³/mol. The van der Waals surface area contributed by atoms with Gasteiger partial charge in [0.25, 0.3) is 5.91 Å². The summed E-state index contributed by atoms with van der Waals surface area (Å²) in [7, 11) is 1.90. The zero-order valence-electron chi connectivity index (χ0n) is 16.4. The molecule has 1 aromatic heterocycles. The van der Waals surface area contributed by atoms with Gasteiger partial charge in [0.05, 0.1) is 18.1 Å². The molecule has 0 saturated heterocycles. The first-order chi connectivity index (χ1) is 14.7. The first kappa shape index (κ1) is 19.1. The molecule has 0 saturated carbocycles. The number of benzene rings is 3. The summed E-state index contributed by atoms with van der Waals surface area (Å²) < 4.78 is 5.89. The van der Waals surface area contributed by atoms with E-state index in [2.05, 4.69) is 15.3 Å². The van der Waals surface area contributed by atoms with E-state index in [1.807, 2.05) is 84.7 Å². The Bertz CT molecular complexity index is 1120. The topological polar surface area (TPSA) is 67.4 Å². The number of nitrogens with zero attached hydrogens (tertiary/aromatic N) is 3. The van der Waals surface area contributed by atoms with Gasteiger partial charge in [-0.2, -0.15) is 0 Å². The van der Waals surface area contributed by atoms with Crippen LogP contribution >= 0.6 is 0 Å². The van der Waals surface area contributed by atoms with E-state index in [1.165, 1.54) is 6.20 Å². The molecule has 4 aromatic rings. The fraction of sp³-hybridized carbons (Fsp3) is 0.0417. The van der Waals surface area contributed by atoms with Gasteiger partial charge in [-0.3, -0.25) is 4.79 Å². The van der Waals surface area contributed by atoms with Crippen molar-refractivity contribution >= 4 is 23.1 Å². The number of carbonyl (C=O) groups is 1. The average Bonchev–Trinajstić information content (AvgIpc) is 2.81. The van der Waals surface area contributed by atoms with Gasteiger partial charge < -0.3 is 15.0 Å². The van der Waals surface area contributed by atoms with Gasteiger partial charge in [-0.25, -0.2) is 9.97 Å². The first-order valence-corrected chi connectivity index (χ1v) is 9.45. The highest BCUT2D eigenvalue weighted by molar-refractivity contribution is 6.03. The lowest BCUT2D eigenvalue weighted by Gasteiger charge is -2.17. The van der Waals surface area contributed by atoms with Gasteiger partial charge in [0, 0.05) is 12.7 Å². The highest BCUT2D eigenvalue weighted by Gasteiger charge is 2.13. The van der Waals surface area contributed by atoms with Gasteiger partial charge in [0.2, 0.25) is 0 Å². The van der Waals surface area contributed by atoms with E-state index in [0.29, 0.717) is 23.0 Å². The second kappa shape index (κ2) is 8.87. The van der Waals surface area contributed by atoms with Crippen LogP contribution < -0.4 is 15.0 Å². The van der Waals surface area contributed by atoms with Crippen LogP contribution in [0.3, 0.4) is 0 Å². The van der Waals surface area contributed by atoms with Crippen molar-refractivity contribution in [1.82, 2.24) is 9.97 Å². The maximum Gasteiger partial charge on any atom is 0.275 e. The van der Waals surface area contributed by atoms with E-state index >= 15 is 0 Å². The Morgan fingerprint density at radius 1 is 0.833 bits per heavy atom. The summed E-state index contributed by atoms with van der Waals surface area (Å²) in [5.74, 6) is 1.52. The Labute approximate surface area is 174 Å².